The van der Waals surface area contributed by atoms with Gasteiger partial charge in [0, 0.05) is 11.8 Å². The van der Waals surface area contributed by atoms with Crippen molar-refractivity contribution in [2.24, 2.45) is 29.1 Å². The second kappa shape index (κ2) is 7.79. The van der Waals surface area contributed by atoms with E-state index in [1.807, 2.05) is 12.2 Å². The number of carbonyl (C=O) groups is 1. The summed E-state index contributed by atoms with van der Waals surface area (Å²) in [7, 11) is 0. The topological polar surface area (TPSA) is 77.8 Å². The van der Waals surface area contributed by atoms with Crippen LogP contribution in [0.1, 0.15) is 65.7 Å². The van der Waals surface area contributed by atoms with Crippen LogP contribution in [-0.4, -0.2) is 39.4 Å². The van der Waals surface area contributed by atoms with Crippen LogP contribution in [0.4, 0.5) is 0 Å². The minimum atomic E-state index is -0.827. The Morgan fingerprint density at radius 3 is 2.76 bits per heavy atom. The van der Waals surface area contributed by atoms with Gasteiger partial charge in [-0.05, 0) is 82.1 Å². The van der Waals surface area contributed by atoms with Gasteiger partial charge in [0.1, 0.15) is 0 Å². The molecule has 0 radical (unpaired) electrons. The van der Waals surface area contributed by atoms with Gasteiger partial charge in [-0.25, -0.2) is 0 Å². The Morgan fingerprint density at radius 1 is 1.28 bits per heavy atom. The molecule has 0 aromatic heterocycles. The van der Waals surface area contributed by atoms with E-state index >= 15 is 0 Å². The summed E-state index contributed by atoms with van der Waals surface area (Å²) in [6.07, 6.45) is 10.4. The molecule has 0 amide bonds. The maximum absolute atomic E-state index is 13.0. The number of hydrogen-bond acceptors (Lipinski definition) is 4. The third-order valence-corrected chi connectivity index (χ3v) is 8.44. The summed E-state index contributed by atoms with van der Waals surface area (Å²) in [5, 5.41) is 30.0. The van der Waals surface area contributed by atoms with Crippen molar-refractivity contribution in [3.63, 3.8) is 0 Å². The lowest BCUT2D eigenvalue weighted by Crippen LogP contribution is -2.37. The van der Waals surface area contributed by atoms with Crippen molar-refractivity contribution in [3.8, 4) is 0 Å². The third-order valence-electron chi connectivity index (χ3n) is 8.44. The lowest BCUT2D eigenvalue weighted by atomic mass is 9.58. The maximum Gasteiger partial charge on any atom is 0.159 e. The number of rotatable bonds is 3. The molecule has 0 aromatic rings. The summed E-state index contributed by atoms with van der Waals surface area (Å²) in [5.74, 6) is 1.27. The Labute approximate surface area is 174 Å². The fourth-order valence-corrected chi connectivity index (χ4v) is 6.82. The first kappa shape index (κ1) is 21.0. The molecule has 29 heavy (non-hydrogen) atoms. The standard InChI is InChI=1S/C25H36O4/c1-14(10-23(28)15(2)26)21-6-7-22-20-13-24(29)17-11-16(4-5-18(27)12-17)19(20)8-9-25(21,22)3/h4,10,13,15,17-19,21-23,26-28H,5-9,11-12H2,1-3H3/b14-10+/t15-,17-,18-,19+,21+,22-,23+,25+/m0/s1. The molecule has 0 aromatic carbocycles. The summed E-state index contributed by atoms with van der Waals surface area (Å²) < 4.78 is 0. The van der Waals surface area contributed by atoms with Crippen LogP contribution in [0.15, 0.2) is 34.9 Å². The van der Waals surface area contributed by atoms with Gasteiger partial charge in [-0.1, -0.05) is 35.8 Å². The van der Waals surface area contributed by atoms with Crippen molar-refractivity contribution in [2.45, 2.75) is 84.0 Å². The van der Waals surface area contributed by atoms with E-state index in [1.165, 1.54) is 16.7 Å². The van der Waals surface area contributed by atoms with Crippen LogP contribution in [0.2, 0.25) is 0 Å². The van der Waals surface area contributed by atoms with Crippen LogP contribution in [-0.2, 0) is 4.79 Å². The van der Waals surface area contributed by atoms with E-state index in [-0.39, 0.29) is 17.1 Å². The van der Waals surface area contributed by atoms with E-state index in [4.69, 9.17) is 0 Å². The summed E-state index contributed by atoms with van der Waals surface area (Å²) in [6.45, 7) is 6.07. The fourth-order valence-electron chi connectivity index (χ4n) is 6.82. The molecular formula is C25H36O4. The van der Waals surface area contributed by atoms with Crippen molar-refractivity contribution in [3.05, 3.63) is 34.9 Å². The average molecular weight is 401 g/mol. The van der Waals surface area contributed by atoms with E-state index in [1.54, 1.807) is 6.92 Å². The highest BCUT2D eigenvalue weighted by molar-refractivity contribution is 5.93. The van der Waals surface area contributed by atoms with Gasteiger partial charge in [-0.2, -0.15) is 0 Å². The first-order chi connectivity index (χ1) is 13.7. The molecule has 160 valence electrons. The van der Waals surface area contributed by atoms with Gasteiger partial charge < -0.3 is 15.3 Å². The van der Waals surface area contributed by atoms with Gasteiger partial charge in [0.2, 0.25) is 0 Å². The molecule has 0 aliphatic heterocycles. The van der Waals surface area contributed by atoms with Gasteiger partial charge in [0.15, 0.2) is 5.78 Å². The monoisotopic (exact) mass is 400 g/mol. The van der Waals surface area contributed by atoms with Gasteiger partial charge >= 0.3 is 0 Å². The number of aliphatic hydroxyl groups excluding tert-OH is 3. The number of fused-ring (bicyclic) bond motifs is 6. The van der Waals surface area contributed by atoms with Gasteiger partial charge in [-0.15, -0.1) is 0 Å². The summed E-state index contributed by atoms with van der Waals surface area (Å²) in [4.78, 5) is 13.0. The van der Waals surface area contributed by atoms with Crippen molar-refractivity contribution in [2.75, 3.05) is 0 Å². The summed E-state index contributed by atoms with van der Waals surface area (Å²) in [5.41, 5.74) is 3.97. The molecule has 2 saturated carbocycles. The molecule has 0 heterocycles. The van der Waals surface area contributed by atoms with Crippen LogP contribution >= 0.6 is 0 Å². The molecular weight excluding hydrogens is 364 g/mol. The Bertz CT molecular complexity index is 761. The molecule has 4 nitrogen and oxygen atoms in total. The van der Waals surface area contributed by atoms with Crippen molar-refractivity contribution in [1.82, 2.24) is 0 Å². The molecule has 4 rings (SSSR count). The number of aliphatic hydroxyl groups is 3. The van der Waals surface area contributed by atoms with Crippen LogP contribution in [0.3, 0.4) is 0 Å². The molecule has 8 atom stereocenters. The molecule has 0 unspecified atom stereocenters. The van der Waals surface area contributed by atoms with Crippen LogP contribution in [0, 0.1) is 29.1 Å². The van der Waals surface area contributed by atoms with E-state index in [0.29, 0.717) is 30.6 Å². The smallest absolute Gasteiger partial charge is 0.159 e. The molecule has 2 fully saturated rings. The Morgan fingerprint density at radius 2 is 2.03 bits per heavy atom. The van der Waals surface area contributed by atoms with Crippen LogP contribution < -0.4 is 0 Å². The quantitative estimate of drug-likeness (QED) is 0.631. The second-order valence-electron chi connectivity index (χ2n) is 10.3. The zero-order valence-electron chi connectivity index (χ0n) is 18.0. The first-order valence-electron chi connectivity index (χ1n) is 11.4. The molecule has 4 aliphatic rings. The van der Waals surface area contributed by atoms with E-state index in [2.05, 4.69) is 19.9 Å². The van der Waals surface area contributed by atoms with Gasteiger partial charge in [-0.3, -0.25) is 4.79 Å². The first-order valence-corrected chi connectivity index (χ1v) is 11.4. The largest absolute Gasteiger partial charge is 0.393 e. The highest BCUT2D eigenvalue weighted by atomic mass is 16.3. The zero-order chi connectivity index (χ0) is 20.9. The highest BCUT2D eigenvalue weighted by Gasteiger charge is 2.53. The lowest BCUT2D eigenvalue weighted by Gasteiger charge is -2.46. The second-order valence-corrected chi connectivity index (χ2v) is 10.3. The number of carbonyl (C=O) groups excluding carboxylic acids is 1. The van der Waals surface area contributed by atoms with E-state index in [9.17, 15) is 20.1 Å². The Kier molecular flexibility index (Phi) is 5.65. The van der Waals surface area contributed by atoms with Crippen molar-refractivity contribution in [1.29, 1.82) is 0 Å². The minimum Gasteiger partial charge on any atom is -0.393 e. The molecule has 0 spiro atoms. The number of ketones is 1. The summed E-state index contributed by atoms with van der Waals surface area (Å²) in [6, 6.07) is 0. The molecule has 0 saturated heterocycles. The maximum atomic E-state index is 13.0. The van der Waals surface area contributed by atoms with Crippen LogP contribution in [0.5, 0.6) is 0 Å². The highest BCUT2D eigenvalue weighted by Crippen LogP contribution is 2.62. The van der Waals surface area contributed by atoms with Gasteiger partial charge in [0.25, 0.3) is 0 Å². The number of hydrogen-bond donors (Lipinski definition) is 3. The summed E-state index contributed by atoms with van der Waals surface area (Å²) >= 11 is 0. The predicted molar refractivity (Wildman–Crippen MR) is 113 cm³/mol. The molecule has 2 bridgehead atoms. The lowest BCUT2D eigenvalue weighted by molar-refractivity contribution is -0.119. The zero-order valence-corrected chi connectivity index (χ0v) is 18.0. The minimum absolute atomic E-state index is 0.0665. The van der Waals surface area contributed by atoms with E-state index in [0.717, 1.165) is 32.1 Å². The normalized spacial score (nSPS) is 42.1. The molecule has 3 N–H and O–H groups in total. The van der Waals surface area contributed by atoms with Crippen molar-refractivity contribution >= 4 is 5.78 Å². The van der Waals surface area contributed by atoms with Gasteiger partial charge in [0.05, 0.1) is 18.3 Å². The Balaban J connectivity index is 1.66. The van der Waals surface area contributed by atoms with E-state index < -0.39 is 18.3 Å². The number of allylic oxidation sites excluding steroid dienone is 4. The SMILES string of the molecule is C/C(=C\[C@@H](O)[C@H](C)O)[C@H]1CC[C@H]2C3=CC(=O)[C@H]4CC(=CC[C@H](O)C4)[C@H]3CC[C@]12C. The fraction of sp³-hybridized carbons (Fsp3) is 0.720. The third kappa shape index (κ3) is 3.68. The predicted octanol–water partition coefficient (Wildman–Crippen LogP) is 3.71. The van der Waals surface area contributed by atoms with Crippen LogP contribution in [0.25, 0.3) is 0 Å². The van der Waals surface area contributed by atoms with Crippen molar-refractivity contribution < 1.29 is 20.1 Å². The average Bonchev–Trinajstić information content (AvgIpc) is 2.80. The Hall–Kier alpha value is -1.23. The molecule has 4 aliphatic carbocycles. The molecule has 4 heteroatoms.